The van der Waals surface area contributed by atoms with Gasteiger partial charge in [-0.15, -0.1) is 0 Å². The van der Waals surface area contributed by atoms with Crippen LogP contribution in [0.3, 0.4) is 0 Å². The van der Waals surface area contributed by atoms with Crippen LogP contribution in [0, 0.1) is 6.92 Å². The normalized spacial score (nSPS) is 11.3. The smallest absolute Gasteiger partial charge is 0.254 e. The number of imidazole rings is 1. The summed E-state index contributed by atoms with van der Waals surface area (Å²) in [5.74, 6) is 1.38. The van der Waals surface area contributed by atoms with Crippen LogP contribution in [0.5, 0.6) is 0 Å². The van der Waals surface area contributed by atoms with Crippen LogP contribution in [-0.2, 0) is 6.54 Å². The zero-order chi connectivity index (χ0) is 18.2. The molecule has 4 heterocycles. The predicted molar refractivity (Wildman–Crippen MR) is 103 cm³/mol. The second-order valence-corrected chi connectivity index (χ2v) is 6.37. The topological polar surface area (TPSA) is 72.4 Å². The van der Waals surface area contributed by atoms with Crippen molar-refractivity contribution in [2.24, 2.45) is 0 Å². The van der Waals surface area contributed by atoms with Crippen LogP contribution in [0.2, 0.25) is 0 Å². The number of hydrogen-bond acceptors (Lipinski definition) is 5. The van der Waals surface area contributed by atoms with E-state index in [4.69, 9.17) is 4.98 Å². The van der Waals surface area contributed by atoms with Gasteiger partial charge in [-0.1, -0.05) is 36.4 Å². The van der Waals surface area contributed by atoms with Crippen molar-refractivity contribution in [2.45, 2.75) is 13.5 Å². The first-order valence-corrected chi connectivity index (χ1v) is 8.71. The van der Waals surface area contributed by atoms with Crippen molar-refractivity contribution in [1.82, 2.24) is 29.0 Å². The summed E-state index contributed by atoms with van der Waals surface area (Å²) in [5.41, 5.74) is 4.96. The first kappa shape index (κ1) is 15.5. The molecule has 0 bridgehead atoms. The monoisotopic (exact) mass is 355 g/mol. The maximum atomic E-state index is 4.72. The van der Waals surface area contributed by atoms with Gasteiger partial charge in [0.15, 0.2) is 0 Å². The largest absolute Gasteiger partial charge is 0.364 e. The summed E-state index contributed by atoms with van der Waals surface area (Å²) < 4.78 is 3.74. The van der Waals surface area contributed by atoms with Crippen molar-refractivity contribution in [3.05, 3.63) is 78.5 Å². The lowest BCUT2D eigenvalue weighted by molar-refractivity contribution is 0.921. The van der Waals surface area contributed by atoms with Crippen molar-refractivity contribution in [2.75, 3.05) is 5.32 Å². The highest BCUT2D eigenvalue weighted by Gasteiger charge is 2.10. The van der Waals surface area contributed by atoms with E-state index in [1.807, 2.05) is 59.3 Å². The van der Waals surface area contributed by atoms with Crippen molar-refractivity contribution >= 4 is 17.2 Å². The molecule has 5 aromatic rings. The molecule has 7 nitrogen and oxygen atoms in total. The Balaban J connectivity index is 1.50. The van der Waals surface area contributed by atoms with Gasteiger partial charge in [0.25, 0.3) is 5.78 Å². The van der Waals surface area contributed by atoms with Crippen LogP contribution >= 0.6 is 0 Å². The molecular formula is C20H17N7. The number of rotatable bonds is 4. The van der Waals surface area contributed by atoms with Gasteiger partial charge in [-0.2, -0.15) is 14.6 Å². The molecule has 0 aliphatic heterocycles. The highest BCUT2D eigenvalue weighted by molar-refractivity contribution is 5.65. The molecule has 4 aromatic heterocycles. The summed E-state index contributed by atoms with van der Waals surface area (Å²) in [6, 6.07) is 16.1. The first-order valence-electron chi connectivity index (χ1n) is 8.71. The third-order valence-corrected chi connectivity index (χ3v) is 4.50. The lowest BCUT2D eigenvalue weighted by Gasteiger charge is -2.09. The van der Waals surface area contributed by atoms with E-state index in [1.165, 1.54) is 6.33 Å². The van der Waals surface area contributed by atoms with Crippen molar-refractivity contribution in [3.63, 3.8) is 0 Å². The van der Waals surface area contributed by atoms with Gasteiger partial charge in [-0.05, 0) is 18.6 Å². The molecular weight excluding hydrogens is 338 g/mol. The van der Waals surface area contributed by atoms with E-state index in [-0.39, 0.29) is 0 Å². The quantitative estimate of drug-likeness (QED) is 0.535. The summed E-state index contributed by atoms with van der Waals surface area (Å²) in [6.45, 7) is 2.64. The van der Waals surface area contributed by atoms with Gasteiger partial charge in [0.05, 0.1) is 17.9 Å². The number of pyridine rings is 1. The average Bonchev–Trinajstić information content (AvgIpc) is 3.34. The molecule has 0 saturated carbocycles. The van der Waals surface area contributed by atoms with Crippen LogP contribution in [0.1, 0.15) is 11.3 Å². The molecule has 0 radical (unpaired) electrons. The molecule has 0 fully saturated rings. The number of aryl methyl sites for hydroxylation is 1. The zero-order valence-electron chi connectivity index (χ0n) is 14.7. The minimum Gasteiger partial charge on any atom is -0.364 e. The number of nitrogens with one attached hydrogen (secondary N) is 1. The van der Waals surface area contributed by atoms with E-state index >= 15 is 0 Å². The molecule has 1 aromatic carbocycles. The third-order valence-electron chi connectivity index (χ3n) is 4.50. The summed E-state index contributed by atoms with van der Waals surface area (Å²) in [6.07, 6.45) is 5.55. The Morgan fingerprint density at radius 3 is 2.78 bits per heavy atom. The molecule has 1 N–H and O–H groups in total. The number of fused-ring (bicyclic) bond motifs is 2. The maximum Gasteiger partial charge on any atom is 0.254 e. The fraction of sp³-hybridized carbons (Fsp3) is 0.100. The molecule has 0 atom stereocenters. The van der Waals surface area contributed by atoms with Crippen molar-refractivity contribution < 1.29 is 0 Å². The summed E-state index contributed by atoms with van der Waals surface area (Å²) in [4.78, 5) is 13.6. The van der Waals surface area contributed by atoms with Crippen LogP contribution in [0.15, 0.2) is 67.3 Å². The van der Waals surface area contributed by atoms with Crippen molar-refractivity contribution in [1.29, 1.82) is 0 Å². The number of anilines is 1. The molecule has 27 heavy (non-hydrogen) atoms. The van der Waals surface area contributed by atoms with Crippen LogP contribution in [0.4, 0.5) is 5.82 Å². The maximum absolute atomic E-state index is 4.72. The second-order valence-electron chi connectivity index (χ2n) is 6.37. The first-order chi connectivity index (χ1) is 13.3. The van der Waals surface area contributed by atoms with Gasteiger partial charge in [0, 0.05) is 24.0 Å². The van der Waals surface area contributed by atoms with E-state index in [0.29, 0.717) is 12.3 Å². The van der Waals surface area contributed by atoms with E-state index in [1.54, 1.807) is 4.52 Å². The van der Waals surface area contributed by atoms with Gasteiger partial charge in [-0.3, -0.25) is 0 Å². The standard InChI is InChI=1S/C20H17N7/c1-14-6-5-9-26-12-16(24-19(14)26)11-21-18-10-17(15-7-3-2-4-8-15)25-20-22-13-23-27(18)20/h2-10,12-13,21H,11H2,1H3. The zero-order valence-corrected chi connectivity index (χ0v) is 14.7. The molecule has 7 heteroatoms. The Bertz CT molecular complexity index is 1240. The lowest BCUT2D eigenvalue weighted by atomic mass is 10.1. The van der Waals surface area contributed by atoms with E-state index in [2.05, 4.69) is 33.4 Å². The van der Waals surface area contributed by atoms with E-state index in [9.17, 15) is 0 Å². The molecule has 5 rings (SSSR count). The molecule has 0 saturated heterocycles. The number of benzene rings is 1. The van der Waals surface area contributed by atoms with Gasteiger partial charge < -0.3 is 9.72 Å². The Morgan fingerprint density at radius 1 is 1.04 bits per heavy atom. The van der Waals surface area contributed by atoms with Crippen molar-refractivity contribution in [3.8, 4) is 11.3 Å². The minimum absolute atomic E-state index is 0.560. The Kier molecular flexibility index (Phi) is 3.57. The van der Waals surface area contributed by atoms with Crippen LogP contribution in [0.25, 0.3) is 22.7 Å². The lowest BCUT2D eigenvalue weighted by Crippen LogP contribution is -2.07. The highest BCUT2D eigenvalue weighted by Crippen LogP contribution is 2.21. The predicted octanol–water partition coefficient (Wildman–Crippen LogP) is 3.36. The third kappa shape index (κ3) is 2.79. The molecule has 132 valence electrons. The Hall–Kier alpha value is -3.74. The van der Waals surface area contributed by atoms with Gasteiger partial charge in [0.2, 0.25) is 0 Å². The SMILES string of the molecule is Cc1cccn2cc(CNc3cc(-c4ccccc4)nc4ncnn34)nc12. The minimum atomic E-state index is 0.560. The fourth-order valence-corrected chi connectivity index (χ4v) is 3.17. The number of aromatic nitrogens is 6. The molecule has 0 unspecified atom stereocenters. The molecule has 0 spiro atoms. The number of hydrogen-bond donors (Lipinski definition) is 1. The molecule has 0 amide bonds. The average molecular weight is 355 g/mol. The van der Waals surface area contributed by atoms with E-state index in [0.717, 1.165) is 34.0 Å². The number of nitrogens with zero attached hydrogens (tertiary/aromatic N) is 6. The van der Waals surface area contributed by atoms with Crippen LogP contribution in [-0.4, -0.2) is 29.0 Å². The van der Waals surface area contributed by atoms with Gasteiger partial charge in [0.1, 0.15) is 17.8 Å². The second kappa shape index (κ2) is 6.21. The highest BCUT2D eigenvalue weighted by atomic mass is 15.4. The summed E-state index contributed by atoms with van der Waals surface area (Å²) in [7, 11) is 0. The molecule has 0 aliphatic carbocycles. The fourth-order valence-electron chi connectivity index (χ4n) is 3.17. The van der Waals surface area contributed by atoms with Gasteiger partial charge >= 0.3 is 0 Å². The van der Waals surface area contributed by atoms with Crippen LogP contribution < -0.4 is 5.32 Å². The van der Waals surface area contributed by atoms with E-state index < -0.39 is 0 Å². The molecule has 0 aliphatic rings. The van der Waals surface area contributed by atoms with Gasteiger partial charge in [-0.25, -0.2) is 9.97 Å². The summed E-state index contributed by atoms with van der Waals surface area (Å²) >= 11 is 0. The Morgan fingerprint density at radius 2 is 1.93 bits per heavy atom. The Labute approximate surface area is 155 Å². The summed E-state index contributed by atoms with van der Waals surface area (Å²) in [5, 5.41) is 7.70.